The Kier molecular flexibility index (Phi) is 2.99. The molecule has 0 aliphatic rings. The van der Waals surface area contributed by atoms with Crippen LogP contribution in [0.25, 0.3) is 0 Å². The number of nitro groups is 1. The van der Waals surface area contributed by atoms with Crippen LogP contribution < -0.4 is 4.90 Å². The Morgan fingerprint density at radius 2 is 1.93 bits per heavy atom. The summed E-state index contributed by atoms with van der Waals surface area (Å²) in [6.45, 7) is 5.78. The molecule has 0 aliphatic heterocycles. The second-order valence-corrected chi connectivity index (χ2v) is 5.51. The molecule has 0 radical (unpaired) electrons. The first-order valence-electron chi connectivity index (χ1n) is 4.56. The molecular weight excluding hydrogens is 214 g/mol. The number of hydrogen-bond donors (Lipinski definition) is 0. The smallest absolute Gasteiger partial charge is 0.349 e. The van der Waals surface area contributed by atoms with Gasteiger partial charge in [-0.25, -0.2) is 4.98 Å². The maximum Gasteiger partial charge on any atom is 0.349 e. The van der Waals surface area contributed by atoms with Gasteiger partial charge in [-0.2, -0.15) is 0 Å². The normalized spacial score (nSPS) is 11.5. The molecule has 0 spiro atoms. The Labute approximate surface area is 92.9 Å². The Morgan fingerprint density at radius 3 is 2.20 bits per heavy atom. The van der Waals surface area contributed by atoms with Gasteiger partial charge in [-0.3, -0.25) is 10.1 Å². The van der Waals surface area contributed by atoms with E-state index < -0.39 is 0 Å². The Bertz CT molecular complexity index is 379. The van der Waals surface area contributed by atoms with E-state index in [1.807, 2.05) is 34.9 Å². The molecule has 1 heterocycles. The van der Waals surface area contributed by atoms with Crippen LogP contribution in [0.2, 0.25) is 0 Å². The number of nitrogens with zero attached hydrogens (tertiary/aromatic N) is 3. The minimum atomic E-state index is -0.356. The van der Waals surface area contributed by atoms with Gasteiger partial charge in [-0.15, -0.1) is 0 Å². The van der Waals surface area contributed by atoms with Crippen molar-refractivity contribution in [3.8, 4) is 0 Å². The van der Waals surface area contributed by atoms with E-state index in [0.29, 0.717) is 10.8 Å². The fourth-order valence-electron chi connectivity index (χ4n) is 1.10. The van der Waals surface area contributed by atoms with Crippen LogP contribution in [0.4, 0.5) is 10.1 Å². The van der Waals surface area contributed by atoms with E-state index >= 15 is 0 Å². The van der Waals surface area contributed by atoms with Crippen molar-refractivity contribution in [1.82, 2.24) is 4.98 Å². The summed E-state index contributed by atoms with van der Waals surface area (Å²) in [5, 5.41) is 11.7. The monoisotopic (exact) mass is 229 g/mol. The van der Waals surface area contributed by atoms with Crippen LogP contribution in [0.15, 0.2) is 0 Å². The molecule has 0 unspecified atom stereocenters. The van der Waals surface area contributed by atoms with E-state index in [1.54, 1.807) is 4.90 Å². The summed E-state index contributed by atoms with van der Waals surface area (Å²) in [5.74, 6) is 0. The van der Waals surface area contributed by atoms with Gasteiger partial charge in [0.15, 0.2) is 5.13 Å². The van der Waals surface area contributed by atoms with Gasteiger partial charge in [0.25, 0.3) is 0 Å². The third kappa shape index (κ3) is 2.44. The third-order valence-electron chi connectivity index (χ3n) is 1.86. The van der Waals surface area contributed by atoms with Crippen molar-refractivity contribution in [3.63, 3.8) is 0 Å². The molecule has 1 aromatic rings. The first-order chi connectivity index (χ1) is 6.73. The molecule has 0 aliphatic carbocycles. The molecule has 0 fully saturated rings. The molecule has 0 N–H and O–H groups in total. The summed E-state index contributed by atoms with van der Waals surface area (Å²) in [7, 11) is 3.66. The highest BCUT2D eigenvalue weighted by Gasteiger charge is 2.30. The van der Waals surface area contributed by atoms with E-state index in [9.17, 15) is 10.1 Å². The second-order valence-electron chi connectivity index (χ2n) is 4.55. The van der Waals surface area contributed by atoms with E-state index in [1.165, 1.54) is 0 Å². The van der Waals surface area contributed by atoms with Gasteiger partial charge in [0, 0.05) is 19.5 Å². The summed E-state index contributed by atoms with van der Waals surface area (Å²) in [6.07, 6.45) is 0. The highest BCUT2D eigenvalue weighted by atomic mass is 32.1. The van der Waals surface area contributed by atoms with Crippen molar-refractivity contribution in [2.45, 2.75) is 26.2 Å². The number of anilines is 1. The zero-order valence-corrected chi connectivity index (χ0v) is 10.4. The fraction of sp³-hybridized carbons (Fsp3) is 0.667. The SMILES string of the molecule is CN(C)c1nc(C(C)(C)C)c([N+](=O)[O-])s1. The minimum Gasteiger partial charge on any atom is -0.354 e. The molecule has 6 heteroatoms. The lowest BCUT2D eigenvalue weighted by Crippen LogP contribution is -2.15. The van der Waals surface area contributed by atoms with Crippen molar-refractivity contribution >= 4 is 21.5 Å². The van der Waals surface area contributed by atoms with Gasteiger partial charge in [0.05, 0.1) is 4.92 Å². The molecule has 84 valence electrons. The van der Waals surface area contributed by atoms with Crippen molar-refractivity contribution in [2.24, 2.45) is 0 Å². The first kappa shape index (κ1) is 11.9. The van der Waals surface area contributed by atoms with Crippen LogP contribution in [0.5, 0.6) is 0 Å². The zero-order valence-electron chi connectivity index (χ0n) is 9.57. The summed E-state index contributed by atoms with van der Waals surface area (Å²) >= 11 is 1.12. The number of hydrogen-bond acceptors (Lipinski definition) is 5. The predicted octanol–water partition coefficient (Wildman–Crippen LogP) is 2.41. The Morgan fingerprint density at radius 1 is 1.40 bits per heavy atom. The van der Waals surface area contributed by atoms with Gasteiger partial charge >= 0.3 is 5.00 Å². The lowest BCUT2D eigenvalue weighted by molar-refractivity contribution is -0.381. The molecule has 0 saturated carbocycles. The maximum absolute atomic E-state index is 10.9. The largest absolute Gasteiger partial charge is 0.354 e. The molecule has 0 saturated heterocycles. The topological polar surface area (TPSA) is 59.3 Å². The molecule has 0 bridgehead atoms. The van der Waals surface area contributed by atoms with Crippen LogP contribution in [0.3, 0.4) is 0 Å². The molecule has 0 atom stereocenters. The van der Waals surface area contributed by atoms with Gasteiger partial charge < -0.3 is 4.90 Å². The van der Waals surface area contributed by atoms with Crippen molar-refractivity contribution in [3.05, 3.63) is 15.8 Å². The van der Waals surface area contributed by atoms with Gasteiger partial charge in [0.1, 0.15) is 5.69 Å². The summed E-state index contributed by atoms with van der Waals surface area (Å²) in [5.41, 5.74) is 0.258. The Hall–Kier alpha value is -1.17. The zero-order chi connectivity index (χ0) is 11.8. The molecule has 15 heavy (non-hydrogen) atoms. The van der Waals surface area contributed by atoms with Crippen LogP contribution in [0.1, 0.15) is 26.5 Å². The van der Waals surface area contributed by atoms with Crippen molar-refractivity contribution in [2.75, 3.05) is 19.0 Å². The number of aromatic nitrogens is 1. The summed E-state index contributed by atoms with van der Waals surface area (Å²) in [4.78, 5) is 16.6. The van der Waals surface area contributed by atoms with E-state index in [4.69, 9.17) is 0 Å². The highest BCUT2D eigenvalue weighted by Crippen LogP contribution is 2.38. The van der Waals surface area contributed by atoms with Gasteiger partial charge in [-0.05, 0) is 11.3 Å². The lowest BCUT2D eigenvalue weighted by Gasteiger charge is -2.14. The van der Waals surface area contributed by atoms with Crippen LogP contribution >= 0.6 is 11.3 Å². The highest BCUT2D eigenvalue weighted by molar-refractivity contribution is 7.18. The molecule has 5 nitrogen and oxygen atoms in total. The van der Waals surface area contributed by atoms with Crippen LogP contribution in [-0.2, 0) is 5.41 Å². The lowest BCUT2D eigenvalue weighted by atomic mass is 9.93. The number of thiazole rings is 1. The molecular formula is C9H15N3O2S. The van der Waals surface area contributed by atoms with Gasteiger partial charge in [0.2, 0.25) is 0 Å². The molecule has 1 rings (SSSR count). The summed E-state index contributed by atoms with van der Waals surface area (Å²) < 4.78 is 0. The van der Waals surface area contributed by atoms with E-state index in [2.05, 4.69) is 4.98 Å². The van der Waals surface area contributed by atoms with Gasteiger partial charge in [-0.1, -0.05) is 20.8 Å². The molecule has 0 aromatic carbocycles. The maximum atomic E-state index is 10.9. The molecule has 0 amide bonds. The number of rotatable bonds is 2. The second kappa shape index (κ2) is 3.77. The fourth-order valence-corrected chi connectivity index (χ4v) is 2.12. The van der Waals surface area contributed by atoms with Crippen LogP contribution in [0, 0.1) is 10.1 Å². The summed E-state index contributed by atoms with van der Waals surface area (Å²) in [6, 6.07) is 0. The van der Waals surface area contributed by atoms with Crippen molar-refractivity contribution in [1.29, 1.82) is 0 Å². The van der Waals surface area contributed by atoms with Crippen molar-refractivity contribution < 1.29 is 4.92 Å². The minimum absolute atomic E-state index is 0.145. The van der Waals surface area contributed by atoms with Crippen LogP contribution in [-0.4, -0.2) is 24.0 Å². The first-order valence-corrected chi connectivity index (χ1v) is 5.38. The standard InChI is InChI=1S/C9H15N3O2S/c1-9(2,3)6-7(12(13)14)15-8(10-6)11(4)5/h1-5H3. The van der Waals surface area contributed by atoms with E-state index in [0.717, 1.165) is 11.3 Å². The predicted molar refractivity (Wildman–Crippen MR) is 61.8 cm³/mol. The third-order valence-corrected chi connectivity index (χ3v) is 3.03. The Balaban J connectivity index is 3.30. The average molecular weight is 229 g/mol. The average Bonchev–Trinajstić information content (AvgIpc) is 2.45. The van der Waals surface area contributed by atoms with E-state index in [-0.39, 0.29) is 15.3 Å². The molecule has 1 aromatic heterocycles. The quantitative estimate of drug-likeness (QED) is 0.577.